The van der Waals surface area contributed by atoms with Crippen molar-refractivity contribution in [1.82, 2.24) is 4.90 Å². The van der Waals surface area contributed by atoms with Crippen LogP contribution in [-0.2, 0) is 9.53 Å². The molecule has 11 heavy (non-hydrogen) atoms. The molecule has 0 radical (unpaired) electrons. The maximum Gasteiger partial charge on any atom is 0.416 e. The van der Waals surface area contributed by atoms with Crippen molar-refractivity contribution in [2.75, 3.05) is 6.61 Å². The van der Waals surface area contributed by atoms with Crippen LogP contribution in [-0.4, -0.2) is 29.5 Å². The number of nitrogens with zero attached hydrogens (tertiary/aromatic N) is 1. The normalized spacial score (nSPS) is 23.6. The highest BCUT2D eigenvalue weighted by Gasteiger charge is 2.34. The molecule has 1 rings (SSSR count). The van der Waals surface area contributed by atoms with Gasteiger partial charge in [-0.15, -0.1) is 0 Å². The van der Waals surface area contributed by atoms with Crippen LogP contribution in [0.1, 0.15) is 20.3 Å². The Hall–Kier alpha value is -1.06. The van der Waals surface area contributed by atoms with Gasteiger partial charge in [-0.25, -0.2) is 9.69 Å². The highest BCUT2D eigenvalue weighted by atomic mass is 16.6. The standard InChI is InChI=1S/C7H11NO3/c1-3-6-4-11-7(10)8(6)5(2)9/h6H,3-4H2,1-2H3/t6-/m0/s1. The first-order chi connectivity index (χ1) is 5.16. The molecule has 1 heterocycles. The SMILES string of the molecule is CC[C@H]1COC(=O)N1C(C)=O. The van der Waals surface area contributed by atoms with Gasteiger partial charge in [0.2, 0.25) is 5.91 Å². The van der Waals surface area contributed by atoms with E-state index in [0.717, 1.165) is 6.42 Å². The lowest BCUT2D eigenvalue weighted by atomic mass is 10.2. The van der Waals surface area contributed by atoms with E-state index in [1.165, 1.54) is 11.8 Å². The Balaban J connectivity index is 2.71. The summed E-state index contributed by atoms with van der Waals surface area (Å²) in [5.74, 6) is -0.237. The van der Waals surface area contributed by atoms with Crippen LogP contribution in [0.25, 0.3) is 0 Å². The molecule has 4 heteroatoms. The Morgan fingerprint density at radius 2 is 2.45 bits per heavy atom. The zero-order valence-electron chi connectivity index (χ0n) is 6.66. The minimum atomic E-state index is -0.510. The largest absolute Gasteiger partial charge is 0.447 e. The van der Waals surface area contributed by atoms with Crippen LogP contribution < -0.4 is 0 Å². The molecule has 2 amide bonds. The minimum absolute atomic E-state index is 0.0556. The second kappa shape index (κ2) is 2.90. The van der Waals surface area contributed by atoms with E-state index in [1.807, 2.05) is 6.92 Å². The van der Waals surface area contributed by atoms with Crippen molar-refractivity contribution in [2.24, 2.45) is 0 Å². The molecule has 0 spiro atoms. The Morgan fingerprint density at radius 1 is 1.82 bits per heavy atom. The molecule has 0 N–H and O–H groups in total. The summed E-state index contributed by atoms with van der Waals surface area (Å²) in [7, 11) is 0. The summed E-state index contributed by atoms with van der Waals surface area (Å²) in [5.41, 5.74) is 0. The van der Waals surface area contributed by atoms with E-state index in [-0.39, 0.29) is 11.9 Å². The van der Waals surface area contributed by atoms with E-state index < -0.39 is 6.09 Å². The van der Waals surface area contributed by atoms with E-state index in [4.69, 9.17) is 4.74 Å². The number of imide groups is 1. The third-order valence-corrected chi connectivity index (χ3v) is 1.77. The van der Waals surface area contributed by atoms with E-state index >= 15 is 0 Å². The molecule has 0 saturated carbocycles. The van der Waals surface area contributed by atoms with Gasteiger partial charge in [0.1, 0.15) is 6.61 Å². The summed E-state index contributed by atoms with van der Waals surface area (Å²) in [6, 6.07) is -0.0556. The highest BCUT2D eigenvalue weighted by Crippen LogP contribution is 2.14. The summed E-state index contributed by atoms with van der Waals surface area (Å²) in [5, 5.41) is 0. The molecular formula is C7H11NO3. The Labute approximate surface area is 65.1 Å². The maximum atomic E-state index is 10.9. The molecule has 4 nitrogen and oxygen atoms in total. The van der Waals surface area contributed by atoms with Gasteiger partial charge in [-0.3, -0.25) is 4.79 Å². The highest BCUT2D eigenvalue weighted by molar-refractivity contribution is 5.92. The van der Waals surface area contributed by atoms with E-state index in [9.17, 15) is 9.59 Å². The molecular weight excluding hydrogens is 146 g/mol. The number of ether oxygens (including phenoxy) is 1. The van der Waals surface area contributed by atoms with Crippen molar-refractivity contribution in [3.8, 4) is 0 Å². The summed E-state index contributed by atoms with van der Waals surface area (Å²) in [6.07, 6.45) is 0.245. The molecule has 1 saturated heterocycles. The number of cyclic esters (lactones) is 1. The van der Waals surface area contributed by atoms with Gasteiger partial charge in [-0.1, -0.05) is 6.92 Å². The van der Waals surface area contributed by atoms with Crippen LogP contribution in [0.5, 0.6) is 0 Å². The van der Waals surface area contributed by atoms with Crippen LogP contribution >= 0.6 is 0 Å². The first-order valence-electron chi connectivity index (χ1n) is 3.63. The smallest absolute Gasteiger partial charge is 0.416 e. The number of rotatable bonds is 1. The van der Waals surface area contributed by atoms with Gasteiger partial charge in [0, 0.05) is 6.92 Å². The summed E-state index contributed by atoms with van der Waals surface area (Å²) in [4.78, 5) is 22.9. The lowest BCUT2D eigenvalue weighted by Crippen LogP contribution is -2.36. The average molecular weight is 157 g/mol. The van der Waals surface area contributed by atoms with Gasteiger partial charge in [-0.05, 0) is 6.42 Å². The van der Waals surface area contributed by atoms with E-state index in [1.54, 1.807) is 0 Å². The number of hydrogen-bond donors (Lipinski definition) is 0. The predicted molar refractivity (Wildman–Crippen MR) is 37.9 cm³/mol. The van der Waals surface area contributed by atoms with Crippen molar-refractivity contribution in [2.45, 2.75) is 26.3 Å². The Bertz CT molecular complexity index is 190. The molecule has 0 bridgehead atoms. The quantitative estimate of drug-likeness (QED) is 0.564. The molecule has 0 unspecified atom stereocenters. The fourth-order valence-electron chi connectivity index (χ4n) is 1.15. The first-order valence-corrected chi connectivity index (χ1v) is 3.63. The molecule has 0 aromatic heterocycles. The van der Waals surface area contributed by atoms with Crippen molar-refractivity contribution < 1.29 is 14.3 Å². The second-order valence-electron chi connectivity index (χ2n) is 2.53. The average Bonchev–Trinajstić information content (AvgIpc) is 2.30. The zero-order chi connectivity index (χ0) is 8.43. The number of carbonyl (C=O) groups is 2. The lowest BCUT2D eigenvalue weighted by molar-refractivity contribution is -0.126. The number of hydrogen-bond acceptors (Lipinski definition) is 3. The first kappa shape index (κ1) is 8.04. The molecule has 0 aromatic rings. The lowest BCUT2D eigenvalue weighted by Gasteiger charge is -2.14. The van der Waals surface area contributed by atoms with Crippen LogP contribution in [0.2, 0.25) is 0 Å². The van der Waals surface area contributed by atoms with Crippen LogP contribution in [0, 0.1) is 0 Å². The van der Waals surface area contributed by atoms with Crippen molar-refractivity contribution in [3.63, 3.8) is 0 Å². The van der Waals surface area contributed by atoms with Crippen molar-refractivity contribution in [3.05, 3.63) is 0 Å². The zero-order valence-corrected chi connectivity index (χ0v) is 6.66. The van der Waals surface area contributed by atoms with E-state index in [0.29, 0.717) is 6.61 Å². The van der Waals surface area contributed by atoms with Gasteiger partial charge < -0.3 is 4.74 Å². The summed E-state index contributed by atoms with van der Waals surface area (Å²) >= 11 is 0. The van der Waals surface area contributed by atoms with Crippen LogP contribution in [0.4, 0.5) is 4.79 Å². The number of amides is 2. The van der Waals surface area contributed by atoms with Crippen LogP contribution in [0.15, 0.2) is 0 Å². The fraction of sp³-hybridized carbons (Fsp3) is 0.714. The Morgan fingerprint density at radius 3 is 2.82 bits per heavy atom. The Kier molecular flexibility index (Phi) is 2.12. The third-order valence-electron chi connectivity index (χ3n) is 1.77. The van der Waals surface area contributed by atoms with Gasteiger partial charge >= 0.3 is 6.09 Å². The third kappa shape index (κ3) is 1.34. The second-order valence-corrected chi connectivity index (χ2v) is 2.53. The van der Waals surface area contributed by atoms with Crippen molar-refractivity contribution >= 4 is 12.0 Å². The molecule has 62 valence electrons. The molecule has 0 aromatic carbocycles. The topological polar surface area (TPSA) is 46.6 Å². The number of carbonyl (C=O) groups excluding carboxylic acids is 2. The maximum absolute atomic E-state index is 10.9. The van der Waals surface area contributed by atoms with Gasteiger partial charge in [0.05, 0.1) is 6.04 Å². The summed E-state index contributed by atoms with van der Waals surface area (Å²) in [6.45, 7) is 3.63. The predicted octanol–water partition coefficient (Wildman–Crippen LogP) is 0.764. The summed E-state index contributed by atoms with van der Waals surface area (Å²) < 4.78 is 4.70. The van der Waals surface area contributed by atoms with E-state index in [2.05, 4.69) is 0 Å². The van der Waals surface area contributed by atoms with Gasteiger partial charge in [-0.2, -0.15) is 0 Å². The molecule has 1 aliphatic rings. The van der Waals surface area contributed by atoms with Gasteiger partial charge in [0.25, 0.3) is 0 Å². The minimum Gasteiger partial charge on any atom is -0.447 e. The van der Waals surface area contributed by atoms with Crippen LogP contribution in [0.3, 0.4) is 0 Å². The molecule has 1 atom stereocenters. The van der Waals surface area contributed by atoms with Gasteiger partial charge in [0.15, 0.2) is 0 Å². The molecule has 0 aliphatic carbocycles. The molecule has 1 fully saturated rings. The fourth-order valence-corrected chi connectivity index (χ4v) is 1.15. The van der Waals surface area contributed by atoms with Crippen molar-refractivity contribution in [1.29, 1.82) is 0 Å². The monoisotopic (exact) mass is 157 g/mol. The molecule has 1 aliphatic heterocycles.